The van der Waals surface area contributed by atoms with Gasteiger partial charge in [0.15, 0.2) is 0 Å². The lowest BCUT2D eigenvalue weighted by molar-refractivity contribution is 0.0687. The first-order valence-corrected chi connectivity index (χ1v) is 12.2. The first-order chi connectivity index (χ1) is 16.1. The quantitative estimate of drug-likeness (QED) is 0.570. The third kappa shape index (κ3) is 4.52. The molecule has 0 saturated carbocycles. The molecule has 6 heteroatoms. The van der Waals surface area contributed by atoms with Crippen molar-refractivity contribution in [1.82, 2.24) is 14.5 Å². The van der Waals surface area contributed by atoms with Gasteiger partial charge in [-0.2, -0.15) is 0 Å². The predicted molar refractivity (Wildman–Crippen MR) is 129 cm³/mol. The average molecular weight is 446 g/mol. The summed E-state index contributed by atoms with van der Waals surface area (Å²) in [6.45, 7) is 4.99. The van der Waals surface area contributed by atoms with Crippen molar-refractivity contribution in [3.05, 3.63) is 69.8 Å². The third-order valence-electron chi connectivity index (χ3n) is 7.04. The highest BCUT2D eigenvalue weighted by molar-refractivity contribution is 5.97. The second kappa shape index (κ2) is 9.38. The molecule has 6 nitrogen and oxygen atoms in total. The van der Waals surface area contributed by atoms with Gasteiger partial charge in [-0.1, -0.05) is 12.1 Å². The van der Waals surface area contributed by atoms with Crippen LogP contribution < -0.4 is 10.3 Å². The normalized spacial score (nSPS) is 16.2. The number of piperidine rings is 1. The summed E-state index contributed by atoms with van der Waals surface area (Å²) in [4.78, 5) is 32.4. The van der Waals surface area contributed by atoms with Crippen LogP contribution in [0, 0.1) is 5.92 Å². The van der Waals surface area contributed by atoms with Crippen molar-refractivity contribution in [1.29, 1.82) is 0 Å². The van der Waals surface area contributed by atoms with E-state index >= 15 is 0 Å². The summed E-state index contributed by atoms with van der Waals surface area (Å²) in [6, 6.07) is 13.7. The van der Waals surface area contributed by atoms with Gasteiger partial charge in [-0.15, -0.1) is 0 Å². The number of aromatic nitrogens is 2. The van der Waals surface area contributed by atoms with Crippen LogP contribution in [0.25, 0.3) is 10.9 Å². The Morgan fingerprint density at radius 2 is 1.88 bits per heavy atom. The molecule has 172 valence electrons. The van der Waals surface area contributed by atoms with E-state index in [2.05, 4.69) is 17.1 Å². The van der Waals surface area contributed by atoms with Gasteiger partial charge in [0, 0.05) is 31.6 Å². The van der Waals surface area contributed by atoms with Crippen molar-refractivity contribution in [3.63, 3.8) is 0 Å². The minimum absolute atomic E-state index is 0.0137. The first kappa shape index (κ1) is 21.7. The van der Waals surface area contributed by atoms with Gasteiger partial charge in [0.2, 0.25) is 0 Å². The summed E-state index contributed by atoms with van der Waals surface area (Å²) in [5.74, 6) is 2.45. The molecule has 0 spiro atoms. The van der Waals surface area contributed by atoms with Crippen molar-refractivity contribution < 1.29 is 9.53 Å². The molecule has 2 aliphatic rings. The van der Waals surface area contributed by atoms with E-state index in [-0.39, 0.29) is 11.5 Å². The van der Waals surface area contributed by atoms with Crippen LogP contribution in [0.5, 0.6) is 5.75 Å². The van der Waals surface area contributed by atoms with Crippen LogP contribution in [0.15, 0.2) is 47.3 Å². The van der Waals surface area contributed by atoms with Crippen LogP contribution in [-0.2, 0) is 19.4 Å². The molecule has 1 aromatic heterocycles. The zero-order chi connectivity index (χ0) is 22.8. The number of nitrogens with zero attached hydrogens (tertiary/aromatic N) is 3. The van der Waals surface area contributed by atoms with E-state index in [1.807, 2.05) is 24.0 Å². The maximum absolute atomic E-state index is 13.1. The fourth-order valence-corrected chi connectivity index (χ4v) is 5.11. The molecule has 2 aliphatic heterocycles. The molecular formula is C27H31N3O3. The van der Waals surface area contributed by atoms with E-state index in [4.69, 9.17) is 4.74 Å². The molecule has 0 bridgehead atoms. The Kier molecular flexibility index (Phi) is 6.16. The zero-order valence-electron chi connectivity index (χ0n) is 19.3. The van der Waals surface area contributed by atoms with Crippen LogP contribution in [0.3, 0.4) is 0 Å². The summed E-state index contributed by atoms with van der Waals surface area (Å²) in [6.07, 6.45) is 6.05. The molecule has 5 rings (SSSR count). The number of carbonyl (C=O) groups excluding carboxylic acids is 1. The number of benzene rings is 2. The lowest BCUT2D eigenvalue weighted by Gasteiger charge is -2.32. The second-order valence-corrected chi connectivity index (χ2v) is 9.17. The van der Waals surface area contributed by atoms with Gasteiger partial charge in [-0.05, 0) is 80.8 Å². The topological polar surface area (TPSA) is 64.4 Å². The van der Waals surface area contributed by atoms with Gasteiger partial charge in [0.1, 0.15) is 11.6 Å². The molecule has 1 fully saturated rings. The second-order valence-electron chi connectivity index (χ2n) is 9.17. The number of hydrogen-bond acceptors (Lipinski definition) is 4. The summed E-state index contributed by atoms with van der Waals surface area (Å²) >= 11 is 0. The Balaban J connectivity index is 1.18. The van der Waals surface area contributed by atoms with E-state index < -0.39 is 0 Å². The van der Waals surface area contributed by atoms with Gasteiger partial charge in [0.05, 0.1) is 17.5 Å². The van der Waals surface area contributed by atoms with Crippen molar-refractivity contribution in [2.24, 2.45) is 5.92 Å². The molecule has 0 unspecified atom stereocenters. The van der Waals surface area contributed by atoms with Crippen LogP contribution in [0.2, 0.25) is 0 Å². The van der Waals surface area contributed by atoms with E-state index in [0.717, 1.165) is 69.7 Å². The Bertz CT molecular complexity index is 1210. The summed E-state index contributed by atoms with van der Waals surface area (Å²) in [5, 5.41) is 0.602. The molecular weight excluding hydrogens is 414 g/mol. The van der Waals surface area contributed by atoms with Crippen molar-refractivity contribution in [2.45, 2.75) is 52.0 Å². The number of aryl methyl sites for hydroxylation is 2. The Labute approximate surface area is 194 Å². The minimum atomic E-state index is 0.0137. The van der Waals surface area contributed by atoms with Gasteiger partial charge in [-0.3, -0.25) is 14.2 Å². The molecule has 0 atom stereocenters. The number of hydrogen-bond donors (Lipinski definition) is 0. The summed E-state index contributed by atoms with van der Waals surface area (Å²) < 4.78 is 7.28. The Morgan fingerprint density at radius 1 is 1.09 bits per heavy atom. The van der Waals surface area contributed by atoms with Crippen molar-refractivity contribution in [2.75, 3.05) is 19.7 Å². The largest absolute Gasteiger partial charge is 0.494 e. The standard InChI is InChI=1S/C27H31N3O3/c1-2-33-22-10-7-19(8-11-22)5-6-20-13-16-29(17-14-20)26(31)21-9-12-23-24(18-21)28-25-4-3-15-30(25)27(23)32/h7-12,18,20H,2-6,13-17H2,1H3. The fourth-order valence-electron chi connectivity index (χ4n) is 5.11. The number of ether oxygens (including phenoxy) is 1. The highest BCUT2D eigenvalue weighted by atomic mass is 16.5. The minimum Gasteiger partial charge on any atom is -0.494 e. The molecule has 3 heterocycles. The third-order valence-corrected chi connectivity index (χ3v) is 7.04. The van der Waals surface area contributed by atoms with E-state index in [1.54, 1.807) is 22.8 Å². The molecule has 2 aromatic carbocycles. The molecule has 0 aliphatic carbocycles. The van der Waals surface area contributed by atoms with E-state index in [1.165, 1.54) is 5.56 Å². The molecule has 1 amide bonds. The zero-order valence-corrected chi connectivity index (χ0v) is 19.3. The Hall–Kier alpha value is -3.15. The number of likely N-dealkylation sites (tertiary alicyclic amines) is 1. The maximum Gasteiger partial charge on any atom is 0.261 e. The van der Waals surface area contributed by atoms with E-state index in [0.29, 0.717) is 29.0 Å². The van der Waals surface area contributed by atoms with Crippen LogP contribution in [-0.4, -0.2) is 40.1 Å². The van der Waals surface area contributed by atoms with Gasteiger partial charge in [0.25, 0.3) is 11.5 Å². The van der Waals surface area contributed by atoms with Crippen LogP contribution >= 0.6 is 0 Å². The summed E-state index contributed by atoms with van der Waals surface area (Å²) in [5.41, 5.74) is 2.62. The predicted octanol–water partition coefficient (Wildman–Crippen LogP) is 4.23. The van der Waals surface area contributed by atoms with Gasteiger partial charge < -0.3 is 9.64 Å². The lowest BCUT2D eigenvalue weighted by atomic mass is 9.90. The smallest absolute Gasteiger partial charge is 0.261 e. The Morgan fingerprint density at radius 3 is 2.64 bits per heavy atom. The molecule has 1 saturated heterocycles. The molecule has 0 N–H and O–H groups in total. The number of amides is 1. The highest BCUT2D eigenvalue weighted by Crippen LogP contribution is 2.25. The van der Waals surface area contributed by atoms with Gasteiger partial charge >= 0.3 is 0 Å². The molecule has 3 aromatic rings. The monoisotopic (exact) mass is 445 g/mol. The van der Waals surface area contributed by atoms with Gasteiger partial charge in [-0.25, -0.2) is 4.98 Å². The van der Waals surface area contributed by atoms with Crippen LogP contribution in [0.1, 0.15) is 54.4 Å². The number of carbonyl (C=O) groups is 1. The number of fused-ring (bicyclic) bond motifs is 2. The first-order valence-electron chi connectivity index (χ1n) is 12.2. The van der Waals surface area contributed by atoms with Crippen LogP contribution in [0.4, 0.5) is 0 Å². The molecule has 33 heavy (non-hydrogen) atoms. The summed E-state index contributed by atoms with van der Waals surface area (Å²) in [7, 11) is 0. The number of rotatable bonds is 6. The average Bonchev–Trinajstić information content (AvgIpc) is 3.32. The molecule has 0 radical (unpaired) electrons. The van der Waals surface area contributed by atoms with Crippen molar-refractivity contribution in [3.8, 4) is 5.75 Å². The fraction of sp³-hybridized carbons (Fsp3) is 0.444. The highest BCUT2D eigenvalue weighted by Gasteiger charge is 2.24. The van der Waals surface area contributed by atoms with Crippen molar-refractivity contribution >= 4 is 16.8 Å². The lowest BCUT2D eigenvalue weighted by Crippen LogP contribution is -2.38. The SMILES string of the molecule is CCOc1ccc(CCC2CCN(C(=O)c3ccc4c(=O)n5c(nc4c3)CCC5)CC2)cc1. The van der Waals surface area contributed by atoms with E-state index in [9.17, 15) is 9.59 Å². The maximum atomic E-state index is 13.1.